The van der Waals surface area contributed by atoms with Crippen molar-refractivity contribution in [2.45, 2.75) is 26.3 Å². The van der Waals surface area contributed by atoms with Crippen LogP contribution in [0.2, 0.25) is 0 Å². The number of carbonyl (C=O) groups excluding carboxylic acids is 1. The van der Waals surface area contributed by atoms with Gasteiger partial charge in [0.25, 0.3) is 5.91 Å². The largest absolute Gasteiger partial charge is 0.508 e. The Morgan fingerprint density at radius 2 is 1.78 bits per heavy atom. The third-order valence-corrected chi connectivity index (χ3v) is 4.16. The van der Waals surface area contributed by atoms with Crippen LogP contribution >= 0.6 is 12.2 Å². The molecule has 0 atom stereocenters. The van der Waals surface area contributed by atoms with E-state index in [0.29, 0.717) is 12.1 Å². The van der Waals surface area contributed by atoms with Gasteiger partial charge in [-0.15, -0.1) is 0 Å². The summed E-state index contributed by atoms with van der Waals surface area (Å²) in [5, 5.41) is 23.0. The Hall–Kier alpha value is -3.00. The molecule has 2 aromatic carbocycles. The van der Waals surface area contributed by atoms with Crippen molar-refractivity contribution in [1.29, 1.82) is 0 Å². The summed E-state index contributed by atoms with van der Waals surface area (Å²) in [4.78, 5) is 12.3. The van der Waals surface area contributed by atoms with Crippen LogP contribution in [0, 0.1) is 0 Å². The first-order chi connectivity index (χ1) is 12.8. The molecule has 27 heavy (non-hydrogen) atoms. The van der Waals surface area contributed by atoms with Gasteiger partial charge in [0.15, 0.2) is 5.11 Å². The van der Waals surface area contributed by atoms with Crippen molar-refractivity contribution < 1.29 is 19.7 Å². The van der Waals surface area contributed by atoms with E-state index in [0.717, 1.165) is 17.4 Å². The van der Waals surface area contributed by atoms with E-state index in [1.165, 1.54) is 6.07 Å². The average molecular weight is 389 g/mol. The van der Waals surface area contributed by atoms with E-state index >= 15 is 0 Å². The van der Waals surface area contributed by atoms with Crippen molar-refractivity contribution in [3.63, 3.8) is 0 Å². The van der Waals surface area contributed by atoms with Crippen molar-refractivity contribution in [2.75, 3.05) is 7.11 Å². The van der Waals surface area contributed by atoms with Gasteiger partial charge in [-0.25, -0.2) is 0 Å². The highest BCUT2D eigenvalue weighted by molar-refractivity contribution is 7.80. The van der Waals surface area contributed by atoms with Crippen LogP contribution in [-0.4, -0.2) is 28.3 Å². The smallest absolute Gasteiger partial charge is 0.273 e. The SMILES string of the molecule is COc1ccc(CNC(=S)NNC(=O)c2cc(C(C)C)c(O)cc2O)cc1. The van der Waals surface area contributed by atoms with Crippen LogP contribution in [0.5, 0.6) is 17.2 Å². The molecule has 0 saturated carbocycles. The molecule has 144 valence electrons. The fraction of sp³-hybridized carbons (Fsp3) is 0.263. The van der Waals surface area contributed by atoms with E-state index in [1.807, 2.05) is 38.1 Å². The summed E-state index contributed by atoms with van der Waals surface area (Å²) in [5.74, 6) is -0.168. The minimum atomic E-state index is -0.567. The maximum absolute atomic E-state index is 12.3. The number of hydrogen-bond acceptors (Lipinski definition) is 5. The van der Waals surface area contributed by atoms with Gasteiger partial charge in [0.05, 0.1) is 12.7 Å². The molecule has 7 nitrogen and oxygen atoms in total. The fourth-order valence-electron chi connectivity index (χ4n) is 2.39. The zero-order chi connectivity index (χ0) is 20.0. The Labute approximate surface area is 163 Å². The zero-order valence-corrected chi connectivity index (χ0v) is 16.2. The number of aromatic hydroxyl groups is 2. The Bertz CT molecular complexity index is 822. The van der Waals surface area contributed by atoms with Gasteiger partial charge in [0.2, 0.25) is 0 Å². The number of ether oxygens (including phenoxy) is 1. The van der Waals surface area contributed by atoms with E-state index in [4.69, 9.17) is 17.0 Å². The van der Waals surface area contributed by atoms with Gasteiger partial charge in [-0.2, -0.15) is 0 Å². The predicted octanol–water partition coefficient (Wildman–Crippen LogP) is 2.54. The summed E-state index contributed by atoms with van der Waals surface area (Å²) in [6.45, 7) is 4.22. The van der Waals surface area contributed by atoms with Crippen LogP contribution in [0.1, 0.15) is 41.3 Å². The topological polar surface area (TPSA) is 103 Å². The Kier molecular flexibility index (Phi) is 6.84. The van der Waals surface area contributed by atoms with Gasteiger partial charge < -0.3 is 20.3 Å². The molecule has 8 heteroatoms. The highest BCUT2D eigenvalue weighted by atomic mass is 32.1. The molecule has 0 aliphatic rings. The number of amides is 1. The monoisotopic (exact) mass is 389 g/mol. The van der Waals surface area contributed by atoms with Gasteiger partial charge >= 0.3 is 0 Å². The van der Waals surface area contributed by atoms with Crippen LogP contribution in [0.3, 0.4) is 0 Å². The molecule has 0 bridgehead atoms. The first-order valence-electron chi connectivity index (χ1n) is 8.34. The van der Waals surface area contributed by atoms with Crippen molar-refractivity contribution >= 4 is 23.2 Å². The molecular weight excluding hydrogens is 366 g/mol. The zero-order valence-electron chi connectivity index (χ0n) is 15.4. The minimum absolute atomic E-state index is 0.00245. The summed E-state index contributed by atoms with van der Waals surface area (Å²) in [7, 11) is 1.60. The molecule has 0 heterocycles. The molecule has 2 rings (SSSR count). The molecule has 5 N–H and O–H groups in total. The lowest BCUT2D eigenvalue weighted by Crippen LogP contribution is -2.46. The standard InChI is InChI=1S/C19H23N3O4S/c1-11(2)14-8-15(17(24)9-16(14)23)18(25)21-22-19(27)20-10-12-4-6-13(26-3)7-5-12/h4-9,11,23-24H,10H2,1-3H3,(H,21,25)(H2,20,22,27). The summed E-state index contributed by atoms with van der Waals surface area (Å²) < 4.78 is 5.10. The van der Waals surface area contributed by atoms with Crippen molar-refractivity contribution in [2.24, 2.45) is 0 Å². The predicted molar refractivity (Wildman–Crippen MR) is 107 cm³/mol. The normalized spacial score (nSPS) is 10.4. The van der Waals surface area contributed by atoms with E-state index < -0.39 is 5.91 Å². The lowest BCUT2D eigenvalue weighted by Gasteiger charge is -2.14. The van der Waals surface area contributed by atoms with Crippen molar-refractivity contribution in [3.8, 4) is 17.2 Å². The molecule has 0 radical (unpaired) electrons. The summed E-state index contributed by atoms with van der Waals surface area (Å²) in [5.41, 5.74) is 6.61. The third kappa shape index (κ3) is 5.49. The minimum Gasteiger partial charge on any atom is -0.508 e. The lowest BCUT2D eigenvalue weighted by molar-refractivity contribution is 0.0941. The number of phenols is 2. The maximum Gasteiger partial charge on any atom is 0.273 e. The molecule has 0 unspecified atom stereocenters. The third-order valence-electron chi connectivity index (χ3n) is 3.91. The first kappa shape index (κ1) is 20.3. The maximum atomic E-state index is 12.3. The summed E-state index contributed by atoms with van der Waals surface area (Å²) in [6.07, 6.45) is 0. The number of phenolic OH excluding ortho intramolecular Hbond substituents is 2. The number of hydrazine groups is 1. The number of rotatable bonds is 5. The number of carbonyl (C=O) groups is 1. The highest BCUT2D eigenvalue weighted by Gasteiger charge is 2.17. The lowest BCUT2D eigenvalue weighted by atomic mass is 9.98. The summed E-state index contributed by atoms with van der Waals surface area (Å²) in [6, 6.07) is 10.1. The molecule has 1 amide bonds. The molecule has 0 spiro atoms. The van der Waals surface area contributed by atoms with Crippen LogP contribution < -0.4 is 20.9 Å². The number of hydrogen-bond donors (Lipinski definition) is 5. The summed E-state index contributed by atoms with van der Waals surface area (Å²) >= 11 is 5.13. The fourth-order valence-corrected chi connectivity index (χ4v) is 2.51. The van der Waals surface area contributed by atoms with Crippen LogP contribution in [0.25, 0.3) is 0 Å². The first-order valence-corrected chi connectivity index (χ1v) is 8.75. The molecule has 0 fully saturated rings. The van der Waals surface area contributed by atoms with E-state index in [-0.39, 0.29) is 28.1 Å². The number of benzene rings is 2. The van der Waals surface area contributed by atoms with E-state index in [2.05, 4.69) is 16.2 Å². The van der Waals surface area contributed by atoms with Crippen LogP contribution in [0.15, 0.2) is 36.4 Å². The second-order valence-electron chi connectivity index (χ2n) is 6.19. The quantitative estimate of drug-likeness (QED) is 0.396. The van der Waals surface area contributed by atoms with Gasteiger partial charge in [-0.1, -0.05) is 26.0 Å². The van der Waals surface area contributed by atoms with Gasteiger partial charge in [-0.3, -0.25) is 15.6 Å². The number of thiocarbonyl (C=S) groups is 1. The van der Waals surface area contributed by atoms with Gasteiger partial charge in [0, 0.05) is 12.6 Å². The van der Waals surface area contributed by atoms with Gasteiger partial charge in [0.1, 0.15) is 17.2 Å². The average Bonchev–Trinajstić information content (AvgIpc) is 2.64. The Morgan fingerprint density at radius 1 is 1.11 bits per heavy atom. The molecule has 0 saturated heterocycles. The van der Waals surface area contributed by atoms with E-state index in [9.17, 15) is 15.0 Å². The van der Waals surface area contributed by atoms with Crippen molar-refractivity contribution in [1.82, 2.24) is 16.2 Å². The second-order valence-corrected chi connectivity index (χ2v) is 6.60. The van der Waals surface area contributed by atoms with Crippen LogP contribution in [-0.2, 0) is 6.54 Å². The highest BCUT2D eigenvalue weighted by Crippen LogP contribution is 2.32. The van der Waals surface area contributed by atoms with Crippen LogP contribution in [0.4, 0.5) is 0 Å². The number of methoxy groups -OCH3 is 1. The second kappa shape index (κ2) is 9.09. The molecule has 0 aromatic heterocycles. The van der Waals surface area contributed by atoms with E-state index in [1.54, 1.807) is 7.11 Å². The Balaban J connectivity index is 1.90. The van der Waals surface area contributed by atoms with Gasteiger partial charge in [-0.05, 0) is 47.5 Å². The number of nitrogens with one attached hydrogen (secondary N) is 3. The molecule has 2 aromatic rings. The van der Waals surface area contributed by atoms with Crippen molar-refractivity contribution in [3.05, 3.63) is 53.1 Å². The molecule has 0 aliphatic carbocycles. The molecule has 0 aliphatic heterocycles. The Morgan fingerprint density at radius 3 is 2.37 bits per heavy atom. The molecular formula is C19H23N3O4S.